The number of ether oxygens (including phenoxy) is 2. The summed E-state index contributed by atoms with van der Waals surface area (Å²) in [6, 6.07) is 5.66. The third-order valence-electron chi connectivity index (χ3n) is 2.83. The van der Waals surface area contributed by atoms with Gasteiger partial charge in [0.2, 0.25) is 0 Å². The lowest BCUT2D eigenvalue weighted by Crippen LogP contribution is -2.03. The van der Waals surface area contributed by atoms with E-state index in [1.807, 2.05) is 18.2 Å². The first-order chi connectivity index (χ1) is 10.0. The Balaban J connectivity index is 2.21. The predicted octanol–water partition coefficient (Wildman–Crippen LogP) is 4.89. The second-order valence-corrected chi connectivity index (χ2v) is 6.27. The molecule has 0 bridgehead atoms. The zero-order valence-corrected chi connectivity index (χ0v) is 15.3. The van der Waals surface area contributed by atoms with Crippen LogP contribution in [-0.4, -0.2) is 19.2 Å². The molecule has 1 N–H and O–H groups in total. The highest BCUT2D eigenvalue weighted by Gasteiger charge is 2.10. The van der Waals surface area contributed by atoms with E-state index < -0.39 is 0 Å². The van der Waals surface area contributed by atoms with E-state index in [9.17, 15) is 0 Å². The average Bonchev–Trinajstić information content (AvgIpc) is 2.48. The van der Waals surface area contributed by atoms with E-state index in [1.54, 1.807) is 20.4 Å². The minimum Gasteiger partial charge on any atom is -0.493 e. The molecule has 1 aromatic heterocycles. The summed E-state index contributed by atoms with van der Waals surface area (Å²) in [6.45, 7) is 0.568. The Morgan fingerprint density at radius 3 is 2.48 bits per heavy atom. The van der Waals surface area contributed by atoms with Gasteiger partial charge >= 0.3 is 0 Å². The first-order valence-electron chi connectivity index (χ1n) is 6.00. The van der Waals surface area contributed by atoms with Crippen molar-refractivity contribution in [3.63, 3.8) is 0 Å². The SMILES string of the molecule is COc1cc(Br)c(CNc2cc(Br)cnc2Cl)cc1OC. The maximum atomic E-state index is 6.06. The van der Waals surface area contributed by atoms with E-state index in [0.29, 0.717) is 23.2 Å². The molecular weight excluding hydrogens is 423 g/mol. The van der Waals surface area contributed by atoms with Crippen LogP contribution in [0.4, 0.5) is 5.69 Å². The molecule has 0 aliphatic heterocycles. The van der Waals surface area contributed by atoms with Crippen molar-refractivity contribution in [2.75, 3.05) is 19.5 Å². The molecule has 4 nitrogen and oxygen atoms in total. The van der Waals surface area contributed by atoms with E-state index in [0.717, 1.165) is 20.2 Å². The van der Waals surface area contributed by atoms with Gasteiger partial charge in [-0.25, -0.2) is 4.98 Å². The van der Waals surface area contributed by atoms with E-state index in [-0.39, 0.29) is 0 Å². The van der Waals surface area contributed by atoms with Crippen molar-refractivity contribution >= 4 is 49.1 Å². The predicted molar refractivity (Wildman–Crippen MR) is 91.5 cm³/mol. The molecule has 2 aromatic rings. The van der Waals surface area contributed by atoms with Crippen molar-refractivity contribution < 1.29 is 9.47 Å². The normalized spacial score (nSPS) is 10.3. The molecule has 0 saturated heterocycles. The van der Waals surface area contributed by atoms with Crippen LogP contribution in [0.5, 0.6) is 11.5 Å². The number of benzene rings is 1. The van der Waals surface area contributed by atoms with Crippen LogP contribution in [-0.2, 0) is 6.54 Å². The largest absolute Gasteiger partial charge is 0.493 e. The summed E-state index contributed by atoms with van der Waals surface area (Å²) in [4.78, 5) is 4.07. The second kappa shape index (κ2) is 7.33. The zero-order valence-electron chi connectivity index (χ0n) is 11.4. The van der Waals surface area contributed by atoms with Crippen LogP contribution in [0.25, 0.3) is 0 Å². The van der Waals surface area contributed by atoms with Crippen molar-refractivity contribution in [3.05, 3.63) is 44.1 Å². The summed E-state index contributed by atoms with van der Waals surface area (Å²) in [5.74, 6) is 1.35. The molecule has 112 valence electrons. The number of halogens is 3. The van der Waals surface area contributed by atoms with Crippen molar-refractivity contribution in [2.45, 2.75) is 6.54 Å². The minimum atomic E-state index is 0.426. The zero-order chi connectivity index (χ0) is 15.4. The molecule has 0 fully saturated rings. The van der Waals surface area contributed by atoms with Gasteiger partial charge in [-0.1, -0.05) is 27.5 Å². The molecule has 0 saturated carbocycles. The number of rotatable bonds is 5. The van der Waals surface area contributed by atoms with Crippen molar-refractivity contribution in [3.8, 4) is 11.5 Å². The molecule has 0 unspecified atom stereocenters. The van der Waals surface area contributed by atoms with Gasteiger partial charge in [0.15, 0.2) is 16.7 Å². The number of nitrogens with one attached hydrogen (secondary N) is 1. The Morgan fingerprint density at radius 2 is 1.81 bits per heavy atom. The van der Waals surface area contributed by atoms with Crippen molar-refractivity contribution in [2.24, 2.45) is 0 Å². The maximum absolute atomic E-state index is 6.06. The van der Waals surface area contributed by atoms with Gasteiger partial charge in [0.05, 0.1) is 19.9 Å². The molecule has 2 rings (SSSR count). The fraction of sp³-hybridized carbons (Fsp3) is 0.214. The van der Waals surface area contributed by atoms with Crippen LogP contribution < -0.4 is 14.8 Å². The number of aromatic nitrogens is 1. The van der Waals surface area contributed by atoms with Crippen LogP contribution in [0.3, 0.4) is 0 Å². The smallest absolute Gasteiger partial charge is 0.161 e. The number of methoxy groups -OCH3 is 2. The number of hydrogen-bond acceptors (Lipinski definition) is 4. The van der Waals surface area contributed by atoms with Gasteiger partial charge in [0.25, 0.3) is 0 Å². The topological polar surface area (TPSA) is 43.4 Å². The lowest BCUT2D eigenvalue weighted by atomic mass is 10.2. The van der Waals surface area contributed by atoms with Gasteiger partial charge in [0, 0.05) is 21.7 Å². The molecule has 0 aliphatic carbocycles. The number of nitrogens with zero attached hydrogens (tertiary/aromatic N) is 1. The summed E-state index contributed by atoms with van der Waals surface area (Å²) in [6.07, 6.45) is 1.65. The lowest BCUT2D eigenvalue weighted by Gasteiger charge is -2.13. The molecule has 1 aromatic carbocycles. The Morgan fingerprint density at radius 1 is 1.14 bits per heavy atom. The standard InChI is InChI=1S/C14H13Br2ClN2O2/c1-20-12-3-8(10(16)5-13(12)21-2)6-18-11-4-9(15)7-19-14(11)17/h3-5,7,18H,6H2,1-2H3. The fourth-order valence-electron chi connectivity index (χ4n) is 1.77. The van der Waals surface area contributed by atoms with Crippen LogP contribution >= 0.6 is 43.5 Å². The highest BCUT2D eigenvalue weighted by Crippen LogP contribution is 2.34. The molecule has 7 heteroatoms. The number of pyridine rings is 1. The second-order valence-electron chi connectivity index (χ2n) is 4.14. The van der Waals surface area contributed by atoms with Crippen LogP contribution in [0, 0.1) is 0 Å². The van der Waals surface area contributed by atoms with Gasteiger partial charge in [-0.3, -0.25) is 0 Å². The van der Waals surface area contributed by atoms with Crippen LogP contribution in [0.2, 0.25) is 5.15 Å². The quantitative estimate of drug-likeness (QED) is 0.678. The summed E-state index contributed by atoms with van der Waals surface area (Å²) in [5, 5.41) is 3.67. The number of anilines is 1. The minimum absolute atomic E-state index is 0.426. The summed E-state index contributed by atoms with van der Waals surface area (Å²) < 4.78 is 12.3. The third-order valence-corrected chi connectivity index (χ3v) is 4.30. The Hall–Kier alpha value is -0.980. The molecular formula is C14H13Br2ClN2O2. The molecule has 0 radical (unpaired) electrons. The third kappa shape index (κ3) is 4.02. The fourth-order valence-corrected chi connectivity index (χ4v) is 2.73. The molecule has 0 atom stereocenters. The molecule has 0 spiro atoms. The van der Waals surface area contributed by atoms with Gasteiger partial charge in [-0.15, -0.1) is 0 Å². The Bertz CT molecular complexity index is 653. The molecule has 1 heterocycles. The van der Waals surface area contributed by atoms with E-state index in [4.69, 9.17) is 21.1 Å². The maximum Gasteiger partial charge on any atom is 0.161 e. The Kier molecular flexibility index (Phi) is 5.72. The van der Waals surface area contributed by atoms with Crippen molar-refractivity contribution in [1.29, 1.82) is 0 Å². The lowest BCUT2D eigenvalue weighted by molar-refractivity contribution is 0.354. The van der Waals surface area contributed by atoms with Crippen LogP contribution in [0.1, 0.15) is 5.56 Å². The molecule has 21 heavy (non-hydrogen) atoms. The van der Waals surface area contributed by atoms with Gasteiger partial charge in [0.1, 0.15) is 0 Å². The van der Waals surface area contributed by atoms with E-state index in [2.05, 4.69) is 42.2 Å². The Labute approximate surface area is 145 Å². The number of hydrogen-bond donors (Lipinski definition) is 1. The van der Waals surface area contributed by atoms with Crippen molar-refractivity contribution in [1.82, 2.24) is 4.98 Å². The van der Waals surface area contributed by atoms with Crippen LogP contribution in [0.15, 0.2) is 33.3 Å². The highest BCUT2D eigenvalue weighted by molar-refractivity contribution is 9.10. The summed E-state index contributed by atoms with van der Waals surface area (Å²) in [7, 11) is 3.22. The molecule has 0 aliphatic rings. The molecule has 0 amide bonds. The summed E-state index contributed by atoms with van der Waals surface area (Å²) >= 11 is 13.0. The van der Waals surface area contributed by atoms with Gasteiger partial charge in [-0.05, 0) is 39.7 Å². The van der Waals surface area contributed by atoms with E-state index in [1.165, 1.54) is 0 Å². The highest BCUT2D eigenvalue weighted by atomic mass is 79.9. The monoisotopic (exact) mass is 434 g/mol. The average molecular weight is 437 g/mol. The first kappa shape index (κ1) is 16.4. The van der Waals surface area contributed by atoms with Gasteiger partial charge < -0.3 is 14.8 Å². The van der Waals surface area contributed by atoms with E-state index >= 15 is 0 Å². The first-order valence-corrected chi connectivity index (χ1v) is 7.97. The summed E-state index contributed by atoms with van der Waals surface area (Å²) in [5.41, 5.74) is 1.77. The van der Waals surface area contributed by atoms with Gasteiger partial charge in [-0.2, -0.15) is 0 Å².